The number of carboxylic acids is 1. The van der Waals surface area contributed by atoms with Gasteiger partial charge in [-0.3, -0.25) is 19.5 Å². The molecule has 3 aromatic rings. The summed E-state index contributed by atoms with van der Waals surface area (Å²) in [4.78, 5) is 49.4. The van der Waals surface area contributed by atoms with E-state index in [2.05, 4.69) is 20.2 Å². The number of hydrogen-bond donors (Lipinski definition) is 3. The van der Waals surface area contributed by atoms with Crippen LogP contribution in [0.3, 0.4) is 0 Å². The molecule has 2 aromatic carbocycles. The summed E-state index contributed by atoms with van der Waals surface area (Å²) in [6.45, 7) is 4.95. The van der Waals surface area contributed by atoms with Crippen molar-refractivity contribution in [2.75, 3.05) is 32.1 Å². The lowest BCUT2D eigenvalue weighted by Gasteiger charge is -2.38. The number of aliphatic hydroxyl groups excluding tert-OH is 1. The Balaban J connectivity index is 1.64. The van der Waals surface area contributed by atoms with Gasteiger partial charge in [0.05, 0.1) is 35.7 Å². The Morgan fingerprint density at radius 1 is 1.20 bits per heavy atom. The lowest BCUT2D eigenvalue weighted by Crippen LogP contribution is -2.49. The molecule has 0 saturated carbocycles. The molecule has 3 atom stereocenters. The number of likely N-dealkylation sites (N-methyl/N-ethyl adjacent to an activating group) is 1. The number of nitrogens with one attached hydrogen (secondary N) is 1. The maximum atomic E-state index is 13.6. The molecule has 2 heterocycles. The van der Waals surface area contributed by atoms with Crippen molar-refractivity contribution in [3.05, 3.63) is 83.4 Å². The van der Waals surface area contributed by atoms with E-state index in [0.29, 0.717) is 25.3 Å². The molecule has 11 nitrogen and oxygen atoms in total. The van der Waals surface area contributed by atoms with Crippen molar-refractivity contribution in [1.82, 2.24) is 19.8 Å². The Morgan fingerprint density at radius 2 is 1.95 bits per heavy atom. The maximum Gasteiger partial charge on any atom is 0.335 e. The normalized spacial score (nSPS) is 17.8. The van der Waals surface area contributed by atoms with Gasteiger partial charge in [0.1, 0.15) is 11.8 Å². The van der Waals surface area contributed by atoms with Crippen molar-refractivity contribution in [2.24, 2.45) is 5.92 Å². The highest BCUT2D eigenvalue weighted by Gasteiger charge is 2.34. The molecule has 4 rings (SSSR count). The summed E-state index contributed by atoms with van der Waals surface area (Å²) in [6.07, 6.45) is 3.84. The van der Waals surface area contributed by atoms with Crippen molar-refractivity contribution in [2.45, 2.75) is 32.5 Å². The minimum Gasteiger partial charge on any atom is -0.486 e. The number of fused-ring (bicyclic) bond motifs is 1. The number of aromatic nitrogens is 2. The quantitative estimate of drug-likeness (QED) is 0.368. The van der Waals surface area contributed by atoms with Gasteiger partial charge in [0.2, 0.25) is 0 Å². The molecule has 40 heavy (non-hydrogen) atoms. The monoisotopic (exact) mass is 547 g/mol. The van der Waals surface area contributed by atoms with Gasteiger partial charge < -0.3 is 25.2 Å². The number of carbonyl (C=O) groups excluding carboxylic acids is 2. The van der Waals surface area contributed by atoms with Crippen molar-refractivity contribution < 1.29 is 29.3 Å². The molecule has 0 aliphatic carbocycles. The van der Waals surface area contributed by atoms with Crippen LogP contribution in [0.2, 0.25) is 0 Å². The van der Waals surface area contributed by atoms with Gasteiger partial charge in [-0.05, 0) is 43.8 Å². The minimum absolute atomic E-state index is 0.117. The fraction of sp³-hybridized carbons (Fsp3) is 0.345. The lowest BCUT2D eigenvalue weighted by atomic mass is 9.98. The van der Waals surface area contributed by atoms with Crippen molar-refractivity contribution >= 4 is 23.5 Å². The van der Waals surface area contributed by atoms with E-state index < -0.39 is 24.0 Å². The summed E-state index contributed by atoms with van der Waals surface area (Å²) in [6, 6.07) is 11.3. The molecule has 0 radical (unpaired) electrons. The highest BCUT2D eigenvalue weighted by atomic mass is 16.5. The van der Waals surface area contributed by atoms with Gasteiger partial charge in [0.25, 0.3) is 11.8 Å². The largest absolute Gasteiger partial charge is 0.486 e. The second kappa shape index (κ2) is 12.7. The van der Waals surface area contributed by atoms with E-state index in [-0.39, 0.29) is 41.0 Å². The number of amides is 2. The first-order valence-electron chi connectivity index (χ1n) is 13.0. The molecule has 0 bridgehead atoms. The second-order valence-corrected chi connectivity index (χ2v) is 10.0. The molecule has 1 aliphatic heterocycles. The van der Waals surface area contributed by atoms with Gasteiger partial charge >= 0.3 is 5.97 Å². The number of benzene rings is 2. The smallest absolute Gasteiger partial charge is 0.335 e. The molecule has 1 aromatic heterocycles. The SMILES string of the molecule is C[C@@H]1CN([C@H](C)CO)C(=O)c2cccc(NC(=O)c3cnccn3)c2O[C@@H]1CN(C)Cc1ccc(C(=O)O)cc1. The molecular weight excluding hydrogens is 514 g/mol. The number of ether oxygens (including phenoxy) is 1. The van der Waals surface area contributed by atoms with E-state index in [1.807, 2.05) is 14.0 Å². The summed E-state index contributed by atoms with van der Waals surface area (Å²) >= 11 is 0. The zero-order valence-corrected chi connectivity index (χ0v) is 22.7. The molecule has 0 unspecified atom stereocenters. The molecule has 1 aliphatic rings. The number of anilines is 1. The number of hydrogen-bond acceptors (Lipinski definition) is 8. The Kier molecular flexibility index (Phi) is 9.08. The first-order valence-corrected chi connectivity index (χ1v) is 13.0. The molecule has 0 fully saturated rings. The Hall–Kier alpha value is -4.35. The van der Waals surface area contributed by atoms with Gasteiger partial charge in [-0.25, -0.2) is 9.78 Å². The first kappa shape index (κ1) is 28.7. The molecule has 11 heteroatoms. The predicted molar refractivity (Wildman–Crippen MR) is 147 cm³/mol. The van der Waals surface area contributed by atoms with Crippen LogP contribution in [0, 0.1) is 5.92 Å². The molecule has 0 saturated heterocycles. The first-order chi connectivity index (χ1) is 19.2. The van der Waals surface area contributed by atoms with Crippen LogP contribution in [-0.2, 0) is 6.54 Å². The van der Waals surface area contributed by atoms with E-state index in [4.69, 9.17) is 9.84 Å². The van der Waals surface area contributed by atoms with Crippen molar-refractivity contribution in [3.8, 4) is 5.75 Å². The van der Waals surface area contributed by atoms with Crippen LogP contribution in [0.4, 0.5) is 5.69 Å². The number of aliphatic hydroxyl groups is 1. The standard InChI is InChI=1S/C29H33N5O6/c1-18-14-34(19(2)17-35)28(37)22-5-4-6-23(32-27(36)24-13-30-11-12-31-24)26(22)40-25(18)16-33(3)15-20-7-9-21(10-8-20)29(38)39/h4-13,18-19,25,35H,14-17H2,1-3H3,(H,32,36)(H,38,39)/t18-,19-,25-/m1/s1. The maximum absolute atomic E-state index is 13.6. The van der Waals surface area contributed by atoms with Gasteiger partial charge in [-0.2, -0.15) is 0 Å². The Labute approximate surface area is 232 Å². The summed E-state index contributed by atoms with van der Waals surface area (Å²) in [7, 11) is 1.93. The molecule has 2 amide bonds. The zero-order valence-electron chi connectivity index (χ0n) is 22.7. The number of carboxylic acid groups (broad SMARTS) is 1. The summed E-state index contributed by atoms with van der Waals surface area (Å²) in [5.41, 5.74) is 1.88. The molecular formula is C29H33N5O6. The third kappa shape index (κ3) is 6.61. The topological polar surface area (TPSA) is 145 Å². The fourth-order valence-corrected chi connectivity index (χ4v) is 4.60. The van der Waals surface area contributed by atoms with Crippen molar-refractivity contribution in [3.63, 3.8) is 0 Å². The van der Waals surface area contributed by atoms with E-state index >= 15 is 0 Å². The summed E-state index contributed by atoms with van der Waals surface area (Å²) < 4.78 is 6.53. The third-order valence-electron chi connectivity index (χ3n) is 6.88. The third-order valence-corrected chi connectivity index (χ3v) is 6.88. The highest BCUT2D eigenvalue weighted by molar-refractivity contribution is 6.06. The number of aromatic carboxylic acids is 1. The highest BCUT2D eigenvalue weighted by Crippen LogP contribution is 2.35. The average molecular weight is 548 g/mol. The average Bonchev–Trinajstić information content (AvgIpc) is 2.95. The van der Waals surface area contributed by atoms with Crippen LogP contribution in [0.5, 0.6) is 5.75 Å². The summed E-state index contributed by atoms with van der Waals surface area (Å²) in [5.74, 6) is -1.66. The van der Waals surface area contributed by atoms with Gasteiger partial charge in [-0.15, -0.1) is 0 Å². The summed E-state index contributed by atoms with van der Waals surface area (Å²) in [5, 5.41) is 21.9. The fourth-order valence-electron chi connectivity index (χ4n) is 4.60. The van der Waals surface area contributed by atoms with Gasteiger partial charge in [0, 0.05) is 37.9 Å². The number of para-hydroxylation sites is 1. The van der Waals surface area contributed by atoms with E-state index in [1.54, 1.807) is 54.3 Å². The minimum atomic E-state index is -0.978. The van der Waals surface area contributed by atoms with E-state index in [1.165, 1.54) is 18.6 Å². The zero-order chi connectivity index (χ0) is 28.8. The molecule has 0 spiro atoms. The van der Waals surface area contributed by atoms with Gasteiger partial charge in [-0.1, -0.05) is 25.1 Å². The Bertz CT molecular complexity index is 1350. The number of carbonyl (C=O) groups is 3. The van der Waals surface area contributed by atoms with Crippen LogP contribution in [-0.4, -0.2) is 86.7 Å². The predicted octanol–water partition coefficient (Wildman–Crippen LogP) is 2.78. The van der Waals surface area contributed by atoms with Crippen molar-refractivity contribution in [1.29, 1.82) is 0 Å². The van der Waals surface area contributed by atoms with Crippen LogP contribution >= 0.6 is 0 Å². The van der Waals surface area contributed by atoms with Crippen LogP contribution in [0.1, 0.15) is 50.6 Å². The Morgan fingerprint density at radius 3 is 2.60 bits per heavy atom. The van der Waals surface area contributed by atoms with Crippen LogP contribution < -0.4 is 10.1 Å². The second-order valence-electron chi connectivity index (χ2n) is 10.0. The van der Waals surface area contributed by atoms with Crippen LogP contribution in [0.15, 0.2) is 61.1 Å². The number of rotatable bonds is 9. The number of nitrogens with zero attached hydrogens (tertiary/aromatic N) is 4. The lowest BCUT2D eigenvalue weighted by molar-refractivity contribution is 0.0343. The van der Waals surface area contributed by atoms with E-state index in [9.17, 15) is 19.5 Å². The van der Waals surface area contributed by atoms with Crippen LogP contribution in [0.25, 0.3) is 0 Å². The van der Waals surface area contributed by atoms with E-state index in [0.717, 1.165) is 5.56 Å². The molecule has 3 N–H and O–H groups in total. The molecule has 210 valence electrons. The van der Waals surface area contributed by atoms with Gasteiger partial charge in [0.15, 0.2) is 5.75 Å².